The molecular weight excluding hydrogens is 572 g/mol. The van der Waals surface area contributed by atoms with Crippen LogP contribution in [0.4, 0.5) is 0 Å². The molecule has 2 aromatic rings. The van der Waals surface area contributed by atoms with Gasteiger partial charge in [-0.15, -0.1) is 0 Å². The van der Waals surface area contributed by atoms with E-state index in [0.29, 0.717) is 16.0 Å². The Hall–Kier alpha value is -1.58. The van der Waals surface area contributed by atoms with E-state index in [1.54, 1.807) is 12.1 Å². The Morgan fingerprint density at radius 1 is 0.897 bits per heavy atom. The standard InChI is InChI=1S/C20H21Br3N2O4/c1-11(2)14-8-15(22)12(3)6-18(14)29-10-20(27)25-24-19(26)9-28-17-5-4-13(21)7-16(17)23/h4-8,11H,9-10H2,1-3H3,(H,24,26)(H,25,27). The van der Waals surface area contributed by atoms with Crippen LogP contribution in [-0.2, 0) is 9.59 Å². The number of hydrazine groups is 1. The maximum atomic E-state index is 12.0. The molecule has 0 radical (unpaired) electrons. The Morgan fingerprint density at radius 3 is 2.03 bits per heavy atom. The van der Waals surface area contributed by atoms with E-state index >= 15 is 0 Å². The summed E-state index contributed by atoms with van der Waals surface area (Å²) in [5.74, 6) is 0.434. The number of hydrogen-bond acceptors (Lipinski definition) is 4. The number of ether oxygens (including phenoxy) is 2. The van der Waals surface area contributed by atoms with Crippen LogP contribution in [0.5, 0.6) is 11.5 Å². The van der Waals surface area contributed by atoms with Gasteiger partial charge in [-0.05, 0) is 70.2 Å². The van der Waals surface area contributed by atoms with Gasteiger partial charge in [0.2, 0.25) is 0 Å². The number of halogens is 3. The molecule has 29 heavy (non-hydrogen) atoms. The van der Waals surface area contributed by atoms with Crippen LogP contribution < -0.4 is 20.3 Å². The minimum absolute atomic E-state index is 0.222. The summed E-state index contributed by atoms with van der Waals surface area (Å²) in [7, 11) is 0. The molecule has 0 bridgehead atoms. The summed E-state index contributed by atoms with van der Waals surface area (Å²) < 4.78 is 13.7. The van der Waals surface area contributed by atoms with Crippen LogP contribution in [0.1, 0.15) is 30.9 Å². The lowest BCUT2D eigenvalue weighted by molar-refractivity contribution is -0.131. The molecule has 0 heterocycles. The summed E-state index contributed by atoms with van der Waals surface area (Å²) in [5.41, 5.74) is 6.62. The van der Waals surface area contributed by atoms with Gasteiger partial charge < -0.3 is 9.47 Å². The molecule has 156 valence electrons. The molecule has 0 atom stereocenters. The van der Waals surface area contributed by atoms with Gasteiger partial charge in [0.1, 0.15) is 11.5 Å². The van der Waals surface area contributed by atoms with Crippen LogP contribution in [0.25, 0.3) is 0 Å². The van der Waals surface area contributed by atoms with E-state index in [2.05, 4.69) is 58.6 Å². The fourth-order valence-electron chi connectivity index (χ4n) is 2.34. The number of benzene rings is 2. The third-order valence-electron chi connectivity index (χ3n) is 3.87. The Kier molecular flexibility index (Phi) is 8.98. The van der Waals surface area contributed by atoms with Crippen molar-refractivity contribution in [2.75, 3.05) is 13.2 Å². The van der Waals surface area contributed by atoms with Gasteiger partial charge in [0, 0.05) is 8.95 Å². The first-order valence-corrected chi connectivity index (χ1v) is 11.1. The predicted octanol–water partition coefficient (Wildman–Crippen LogP) is 5.01. The highest BCUT2D eigenvalue weighted by molar-refractivity contribution is 9.11. The number of hydrogen-bond donors (Lipinski definition) is 2. The van der Waals surface area contributed by atoms with Crippen molar-refractivity contribution in [3.05, 3.63) is 54.9 Å². The summed E-state index contributed by atoms with van der Waals surface area (Å²) in [4.78, 5) is 23.9. The number of rotatable bonds is 7. The summed E-state index contributed by atoms with van der Waals surface area (Å²) in [6.07, 6.45) is 0. The molecule has 6 nitrogen and oxygen atoms in total. The highest BCUT2D eigenvalue weighted by Gasteiger charge is 2.13. The third kappa shape index (κ3) is 7.31. The van der Waals surface area contributed by atoms with Crippen LogP contribution in [0.2, 0.25) is 0 Å². The van der Waals surface area contributed by atoms with Gasteiger partial charge in [-0.3, -0.25) is 20.4 Å². The Labute approximate surface area is 195 Å². The molecule has 0 spiro atoms. The summed E-state index contributed by atoms with van der Waals surface area (Å²) >= 11 is 10.2. The largest absolute Gasteiger partial charge is 0.483 e. The summed E-state index contributed by atoms with van der Waals surface area (Å²) in [5, 5.41) is 0. The Balaban J connectivity index is 1.81. The van der Waals surface area contributed by atoms with Crippen molar-refractivity contribution in [3.8, 4) is 11.5 Å². The fraction of sp³-hybridized carbons (Fsp3) is 0.300. The molecule has 0 fully saturated rings. The molecule has 0 saturated carbocycles. The minimum atomic E-state index is -0.490. The van der Waals surface area contributed by atoms with Crippen molar-refractivity contribution in [2.24, 2.45) is 0 Å². The Bertz CT molecular complexity index is 904. The molecule has 2 amide bonds. The van der Waals surface area contributed by atoms with Crippen LogP contribution in [0.3, 0.4) is 0 Å². The first kappa shape index (κ1) is 23.7. The zero-order valence-corrected chi connectivity index (χ0v) is 20.9. The van der Waals surface area contributed by atoms with Gasteiger partial charge in [-0.25, -0.2) is 0 Å². The second-order valence-electron chi connectivity index (χ2n) is 6.54. The summed E-state index contributed by atoms with van der Waals surface area (Å²) in [6.45, 7) is 5.58. The maximum Gasteiger partial charge on any atom is 0.276 e. The first-order chi connectivity index (χ1) is 13.7. The molecule has 2 N–H and O–H groups in total. The minimum Gasteiger partial charge on any atom is -0.483 e. The lowest BCUT2D eigenvalue weighted by Gasteiger charge is -2.16. The van der Waals surface area contributed by atoms with Crippen molar-refractivity contribution in [2.45, 2.75) is 26.7 Å². The molecule has 0 aliphatic rings. The van der Waals surface area contributed by atoms with Crippen LogP contribution in [0.15, 0.2) is 43.7 Å². The van der Waals surface area contributed by atoms with Crippen LogP contribution in [0, 0.1) is 6.92 Å². The third-order valence-corrected chi connectivity index (χ3v) is 5.83. The smallest absolute Gasteiger partial charge is 0.276 e. The average Bonchev–Trinajstić information content (AvgIpc) is 2.66. The number of carbonyl (C=O) groups is 2. The predicted molar refractivity (Wildman–Crippen MR) is 122 cm³/mol. The normalized spacial score (nSPS) is 10.6. The lowest BCUT2D eigenvalue weighted by atomic mass is 10.0. The first-order valence-electron chi connectivity index (χ1n) is 8.75. The van der Waals surface area contributed by atoms with Crippen molar-refractivity contribution in [1.82, 2.24) is 10.9 Å². The van der Waals surface area contributed by atoms with Crippen molar-refractivity contribution >= 4 is 59.6 Å². The molecule has 0 aliphatic carbocycles. The molecule has 0 saturated heterocycles. The number of amides is 2. The monoisotopic (exact) mass is 590 g/mol. The van der Waals surface area contributed by atoms with Gasteiger partial charge in [-0.1, -0.05) is 45.7 Å². The van der Waals surface area contributed by atoms with Gasteiger partial charge in [0.05, 0.1) is 4.47 Å². The van der Waals surface area contributed by atoms with Gasteiger partial charge in [0.25, 0.3) is 11.8 Å². The molecular formula is C20H21Br3N2O4. The summed E-state index contributed by atoms with van der Waals surface area (Å²) in [6, 6.07) is 9.20. The van der Waals surface area contributed by atoms with Crippen LogP contribution >= 0.6 is 47.8 Å². The van der Waals surface area contributed by atoms with E-state index in [9.17, 15) is 9.59 Å². The van der Waals surface area contributed by atoms with E-state index in [-0.39, 0.29) is 19.1 Å². The van der Waals surface area contributed by atoms with E-state index in [0.717, 1.165) is 20.1 Å². The molecule has 2 rings (SSSR count). The molecule has 2 aromatic carbocycles. The van der Waals surface area contributed by atoms with Crippen molar-refractivity contribution < 1.29 is 19.1 Å². The topological polar surface area (TPSA) is 76.7 Å². The van der Waals surface area contributed by atoms with E-state index in [4.69, 9.17) is 9.47 Å². The number of carbonyl (C=O) groups excluding carboxylic acids is 2. The van der Waals surface area contributed by atoms with Crippen LogP contribution in [-0.4, -0.2) is 25.0 Å². The van der Waals surface area contributed by atoms with Crippen molar-refractivity contribution in [1.29, 1.82) is 0 Å². The highest BCUT2D eigenvalue weighted by Crippen LogP contribution is 2.32. The number of nitrogens with one attached hydrogen (secondary N) is 2. The zero-order valence-electron chi connectivity index (χ0n) is 16.1. The second kappa shape index (κ2) is 11.0. The zero-order chi connectivity index (χ0) is 21.6. The molecule has 9 heteroatoms. The van der Waals surface area contributed by atoms with Gasteiger partial charge in [-0.2, -0.15) is 0 Å². The maximum absolute atomic E-state index is 12.0. The van der Waals surface area contributed by atoms with Gasteiger partial charge in [0.15, 0.2) is 13.2 Å². The van der Waals surface area contributed by atoms with Gasteiger partial charge >= 0.3 is 0 Å². The number of aryl methyl sites for hydroxylation is 1. The molecule has 0 aromatic heterocycles. The highest BCUT2D eigenvalue weighted by atomic mass is 79.9. The Morgan fingerprint density at radius 2 is 1.48 bits per heavy atom. The second-order valence-corrected chi connectivity index (χ2v) is 9.17. The van der Waals surface area contributed by atoms with Crippen molar-refractivity contribution in [3.63, 3.8) is 0 Å². The fourth-order valence-corrected chi connectivity index (χ4v) is 3.86. The van der Waals surface area contributed by atoms with E-state index in [1.165, 1.54) is 0 Å². The lowest BCUT2D eigenvalue weighted by Crippen LogP contribution is -2.45. The SMILES string of the molecule is Cc1cc(OCC(=O)NNC(=O)COc2ccc(Br)cc2Br)c(C(C)C)cc1Br. The molecule has 0 aliphatic heterocycles. The quantitative estimate of drug-likeness (QED) is 0.443. The molecule has 0 unspecified atom stereocenters. The van der Waals surface area contributed by atoms with E-state index < -0.39 is 11.8 Å². The van der Waals surface area contributed by atoms with E-state index in [1.807, 2.05) is 39.0 Å². The average molecular weight is 593 g/mol.